The van der Waals surface area contributed by atoms with Gasteiger partial charge in [-0.05, 0) is 55.5 Å². The molecular weight excluding hydrogens is 437 g/mol. The summed E-state index contributed by atoms with van der Waals surface area (Å²) in [6.07, 6.45) is 6.63. The summed E-state index contributed by atoms with van der Waals surface area (Å²) in [6.45, 7) is 1.72. The second-order valence-electron chi connectivity index (χ2n) is 9.67. The van der Waals surface area contributed by atoms with E-state index in [1.165, 1.54) is 37.5 Å². The van der Waals surface area contributed by atoms with Crippen LogP contribution < -0.4 is 21.5 Å². The van der Waals surface area contributed by atoms with Crippen LogP contribution in [0.2, 0.25) is 0 Å². The maximum absolute atomic E-state index is 13.4. The molecule has 2 fully saturated rings. The number of carbonyl (C=O) groups is 2. The van der Waals surface area contributed by atoms with Crippen LogP contribution in [0.4, 0.5) is 25.4 Å². The van der Waals surface area contributed by atoms with E-state index in [0.717, 1.165) is 25.0 Å². The fourth-order valence-corrected chi connectivity index (χ4v) is 5.57. The van der Waals surface area contributed by atoms with Gasteiger partial charge >= 0.3 is 12.1 Å². The number of fused-ring (bicyclic) bond motifs is 4. The first-order valence-electron chi connectivity index (χ1n) is 12.1. The minimum atomic E-state index is -0.607. The zero-order chi connectivity index (χ0) is 23.7. The molecule has 1 saturated carbocycles. The molecule has 1 aromatic heterocycles. The third-order valence-corrected chi connectivity index (χ3v) is 7.15. The SMILES string of the molecule is O=C(Nc1cccc(F)c1)Nc1ccc2n(c1=O)C[C@H]1C[C@@H]2CN(C(=O)NC2CCCCC2)C1. The highest BCUT2D eigenvalue weighted by molar-refractivity contribution is 5.99. The lowest BCUT2D eigenvalue weighted by Gasteiger charge is -2.43. The number of rotatable bonds is 3. The Morgan fingerprint density at radius 1 is 0.971 bits per heavy atom. The number of hydrogen-bond donors (Lipinski definition) is 3. The van der Waals surface area contributed by atoms with Gasteiger partial charge in [0.25, 0.3) is 5.56 Å². The molecule has 8 nitrogen and oxygen atoms in total. The topological polar surface area (TPSA) is 95.5 Å². The van der Waals surface area contributed by atoms with Crippen LogP contribution in [0.25, 0.3) is 0 Å². The Hall–Kier alpha value is -3.36. The van der Waals surface area contributed by atoms with Crippen LogP contribution in [0.1, 0.15) is 50.1 Å². The van der Waals surface area contributed by atoms with Gasteiger partial charge in [-0.15, -0.1) is 0 Å². The number of benzene rings is 1. The van der Waals surface area contributed by atoms with Crippen LogP contribution in [0, 0.1) is 11.7 Å². The third kappa shape index (κ3) is 4.78. The van der Waals surface area contributed by atoms with Crippen LogP contribution in [0.5, 0.6) is 0 Å². The predicted octanol–water partition coefficient (Wildman–Crippen LogP) is 4.09. The summed E-state index contributed by atoms with van der Waals surface area (Å²) < 4.78 is 15.1. The first-order valence-corrected chi connectivity index (χ1v) is 12.1. The van der Waals surface area contributed by atoms with Gasteiger partial charge in [0.15, 0.2) is 0 Å². The van der Waals surface area contributed by atoms with Crippen molar-refractivity contribution in [3.05, 3.63) is 58.3 Å². The summed E-state index contributed by atoms with van der Waals surface area (Å²) >= 11 is 0. The van der Waals surface area contributed by atoms with Crippen molar-refractivity contribution in [2.45, 2.75) is 57.0 Å². The average Bonchev–Trinajstić information content (AvgIpc) is 2.82. The van der Waals surface area contributed by atoms with E-state index in [2.05, 4.69) is 16.0 Å². The molecule has 9 heteroatoms. The molecule has 2 atom stereocenters. The summed E-state index contributed by atoms with van der Waals surface area (Å²) in [6, 6.07) is 8.70. The van der Waals surface area contributed by atoms with Crippen LogP contribution in [-0.2, 0) is 6.54 Å². The largest absolute Gasteiger partial charge is 0.335 e. The van der Waals surface area contributed by atoms with Gasteiger partial charge in [0.05, 0.1) is 0 Å². The van der Waals surface area contributed by atoms with E-state index in [0.29, 0.717) is 25.3 Å². The van der Waals surface area contributed by atoms with E-state index in [-0.39, 0.29) is 35.2 Å². The molecule has 1 saturated heterocycles. The Morgan fingerprint density at radius 3 is 2.59 bits per heavy atom. The maximum atomic E-state index is 13.4. The number of amides is 4. The molecule has 3 aliphatic rings. The summed E-state index contributed by atoms with van der Waals surface area (Å²) in [5, 5.41) is 8.33. The van der Waals surface area contributed by atoms with Crippen molar-refractivity contribution in [1.82, 2.24) is 14.8 Å². The molecule has 34 heavy (non-hydrogen) atoms. The van der Waals surface area contributed by atoms with E-state index in [9.17, 15) is 18.8 Å². The quantitative estimate of drug-likeness (QED) is 0.634. The highest BCUT2D eigenvalue weighted by Crippen LogP contribution is 2.35. The Bertz CT molecular complexity index is 1140. The summed E-state index contributed by atoms with van der Waals surface area (Å²) in [7, 11) is 0. The van der Waals surface area contributed by atoms with Gasteiger partial charge in [-0.25, -0.2) is 14.0 Å². The Kier molecular flexibility index (Phi) is 6.26. The van der Waals surface area contributed by atoms with E-state index in [4.69, 9.17) is 0 Å². The zero-order valence-corrected chi connectivity index (χ0v) is 19.1. The van der Waals surface area contributed by atoms with E-state index in [1.54, 1.807) is 16.7 Å². The minimum Gasteiger partial charge on any atom is -0.335 e. The Balaban J connectivity index is 1.26. The van der Waals surface area contributed by atoms with Crippen molar-refractivity contribution in [2.75, 3.05) is 23.7 Å². The van der Waals surface area contributed by atoms with Crippen molar-refractivity contribution in [1.29, 1.82) is 0 Å². The second-order valence-corrected chi connectivity index (χ2v) is 9.67. The minimum absolute atomic E-state index is 0.00436. The molecule has 1 aliphatic carbocycles. The van der Waals surface area contributed by atoms with Crippen LogP contribution in [-0.4, -0.2) is 40.7 Å². The van der Waals surface area contributed by atoms with Gasteiger partial charge < -0.3 is 25.4 Å². The van der Waals surface area contributed by atoms with Gasteiger partial charge in [0.1, 0.15) is 11.5 Å². The number of anilines is 2. The molecule has 2 aliphatic heterocycles. The molecule has 180 valence electrons. The van der Waals surface area contributed by atoms with Crippen molar-refractivity contribution in [3.8, 4) is 0 Å². The monoisotopic (exact) mass is 467 g/mol. The number of halogens is 1. The number of pyridine rings is 1. The second kappa shape index (κ2) is 9.48. The smallest absolute Gasteiger partial charge is 0.323 e. The van der Waals surface area contributed by atoms with Gasteiger partial charge in [-0.1, -0.05) is 25.3 Å². The van der Waals surface area contributed by atoms with Crippen molar-refractivity contribution in [2.24, 2.45) is 5.92 Å². The van der Waals surface area contributed by atoms with Crippen LogP contribution >= 0.6 is 0 Å². The first kappa shape index (κ1) is 22.4. The number of nitrogens with zero attached hydrogens (tertiary/aromatic N) is 2. The number of carbonyl (C=O) groups excluding carboxylic acids is 2. The molecule has 0 unspecified atom stereocenters. The first-order chi connectivity index (χ1) is 16.5. The van der Waals surface area contributed by atoms with E-state index >= 15 is 0 Å². The molecule has 1 aromatic carbocycles. The van der Waals surface area contributed by atoms with Gasteiger partial charge in [-0.3, -0.25) is 4.79 Å². The van der Waals surface area contributed by atoms with Crippen molar-refractivity contribution >= 4 is 23.4 Å². The van der Waals surface area contributed by atoms with Crippen molar-refractivity contribution in [3.63, 3.8) is 0 Å². The fourth-order valence-electron chi connectivity index (χ4n) is 5.57. The lowest BCUT2D eigenvalue weighted by atomic mass is 9.83. The molecule has 3 heterocycles. The summed E-state index contributed by atoms with van der Waals surface area (Å²) in [4.78, 5) is 40.3. The molecule has 3 N–H and O–H groups in total. The highest BCUT2D eigenvalue weighted by atomic mass is 19.1. The molecule has 0 radical (unpaired) electrons. The van der Waals surface area contributed by atoms with Crippen molar-refractivity contribution < 1.29 is 14.0 Å². The number of nitrogens with one attached hydrogen (secondary N) is 3. The third-order valence-electron chi connectivity index (χ3n) is 7.15. The molecule has 5 rings (SSSR count). The Morgan fingerprint density at radius 2 is 1.79 bits per heavy atom. The number of aromatic nitrogens is 1. The average molecular weight is 468 g/mol. The van der Waals surface area contributed by atoms with Gasteiger partial charge in [0.2, 0.25) is 0 Å². The molecule has 0 spiro atoms. The zero-order valence-electron chi connectivity index (χ0n) is 19.1. The van der Waals surface area contributed by atoms with Crippen LogP contribution in [0.15, 0.2) is 41.2 Å². The van der Waals surface area contributed by atoms with Crippen LogP contribution in [0.3, 0.4) is 0 Å². The molecule has 2 aromatic rings. The lowest BCUT2D eigenvalue weighted by molar-refractivity contribution is 0.127. The highest BCUT2D eigenvalue weighted by Gasteiger charge is 2.37. The normalized spacial score (nSPS) is 22.0. The summed E-state index contributed by atoms with van der Waals surface area (Å²) in [5.74, 6) is -0.176. The number of urea groups is 2. The number of hydrogen-bond acceptors (Lipinski definition) is 3. The molecule has 4 amide bonds. The fraction of sp³-hybridized carbons (Fsp3) is 0.480. The molecular formula is C25H30FN5O3. The summed E-state index contributed by atoms with van der Waals surface area (Å²) in [5.41, 5.74) is 1.11. The number of piperidine rings is 1. The molecule has 2 bridgehead atoms. The standard InChI is InChI=1S/C25H30FN5O3/c26-18-5-4-8-20(12-18)27-24(33)29-21-9-10-22-17-11-16(14-31(22)23(21)32)13-30(15-17)25(34)28-19-6-2-1-3-7-19/h4-5,8-10,12,16-17,19H,1-3,6-7,11,13-15H2,(H,28,34)(H2,27,29,33)/t16-,17+/m0/s1. The Labute approximate surface area is 197 Å². The van der Waals surface area contributed by atoms with E-state index < -0.39 is 11.8 Å². The van der Waals surface area contributed by atoms with E-state index in [1.807, 2.05) is 11.0 Å². The number of likely N-dealkylation sites (tertiary alicyclic amines) is 1. The maximum Gasteiger partial charge on any atom is 0.323 e. The predicted molar refractivity (Wildman–Crippen MR) is 128 cm³/mol. The van der Waals surface area contributed by atoms with Gasteiger partial charge in [-0.2, -0.15) is 0 Å². The lowest BCUT2D eigenvalue weighted by Crippen LogP contribution is -2.53. The van der Waals surface area contributed by atoms with Gasteiger partial charge in [0, 0.05) is 43.0 Å².